The predicted octanol–water partition coefficient (Wildman–Crippen LogP) is -6.20. The number of carboxylic acids is 3. The van der Waals surface area contributed by atoms with Crippen LogP contribution < -0.4 is 37.6 Å². The molecule has 38 heavy (non-hydrogen) atoms. The Kier molecular flexibility index (Phi) is 14.7. The van der Waals surface area contributed by atoms with Crippen LogP contribution in [0.1, 0.15) is 19.3 Å². The lowest BCUT2D eigenvalue weighted by Crippen LogP contribution is -2.57. The molecule has 0 aliphatic carbocycles. The third-order valence-electron chi connectivity index (χ3n) is 4.40. The molecular weight excluding hydrogens is 518 g/mol. The first-order valence-electron chi connectivity index (χ1n) is 10.7. The highest BCUT2D eigenvalue weighted by atomic mass is 16.4. The fourth-order valence-electron chi connectivity index (χ4n) is 2.59. The van der Waals surface area contributed by atoms with E-state index in [2.05, 4.69) is 16.0 Å². The normalized spacial score (nSPS) is 12.6. The van der Waals surface area contributed by atoms with Gasteiger partial charge in [0.25, 0.3) is 0 Å². The Morgan fingerprint density at radius 1 is 0.579 bits per heavy atom. The number of nitrogens with one attached hydrogen (secondary N) is 6. The van der Waals surface area contributed by atoms with Crippen molar-refractivity contribution in [1.82, 2.24) is 31.9 Å². The van der Waals surface area contributed by atoms with Gasteiger partial charge in [-0.2, -0.15) is 0 Å². The van der Waals surface area contributed by atoms with Gasteiger partial charge >= 0.3 is 17.9 Å². The molecule has 0 bridgehead atoms. The molecule has 6 amide bonds. The number of nitrogens with two attached hydrogens (primary N) is 1. The number of carbonyl (C=O) groups is 9. The van der Waals surface area contributed by atoms with E-state index in [0.29, 0.717) is 0 Å². The first-order valence-corrected chi connectivity index (χ1v) is 10.7. The van der Waals surface area contributed by atoms with Gasteiger partial charge in [0.05, 0.1) is 44.9 Å². The number of primary amides is 1. The lowest BCUT2D eigenvalue weighted by atomic mass is 10.1. The van der Waals surface area contributed by atoms with Crippen molar-refractivity contribution in [3.05, 3.63) is 0 Å². The van der Waals surface area contributed by atoms with E-state index in [1.807, 2.05) is 16.0 Å². The molecule has 0 heterocycles. The molecule has 0 saturated heterocycles. The zero-order valence-corrected chi connectivity index (χ0v) is 20.1. The molecular formula is C19H29N7O12. The number of rotatable bonds is 18. The SMILES string of the molecule is CN[C@@H](CC(=O)O)C(=O)N[C@@H](CC(=O)O)C(=O)N[C@@H](CC(=O)O)C(=O)NCC(=O)NCC(=O)NCC(N)=O. The minimum atomic E-state index is -1.82. The van der Waals surface area contributed by atoms with Crippen LogP contribution in [0.2, 0.25) is 0 Å². The Hall–Kier alpha value is -4.81. The summed E-state index contributed by atoms with van der Waals surface area (Å²) in [5.41, 5.74) is 4.84. The second-order valence-electron chi connectivity index (χ2n) is 7.49. The molecule has 0 unspecified atom stereocenters. The number of hydrogen-bond acceptors (Lipinski definition) is 10. The smallest absolute Gasteiger partial charge is 0.305 e. The minimum Gasteiger partial charge on any atom is -0.481 e. The van der Waals surface area contributed by atoms with Crippen LogP contribution in [-0.4, -0.2) is 113 Å². The van der Waals surface area contributed by atoms with Crippen LogP contribution in [0.4, 0.5) is 0 Å². The molecule has 0 aliphatic rings. The molecule has 0 radical (unpaired) electrons. The van der Waals surface area contributed by atoms with Gasteiger partial charge in [0.1, 0.15) is 12.1 Å². The highest BCUT2D eigenvalue weighted by Gasteiger charge is 2.31. The van der Waals surface area contributed by atoms with E-state index in [0.717, 1.165) is 0 Å². The van der Waals surface area contributed by atoms with E-state index < -0.39 is 110 Å². The van der Waals surface area contributed by atoms with Gasteiger partial charge in [-0.1, -0.05) is 0 Å². The van der Waals surface area contributed by atoms with Crippen molar-refractivity contribution in [2.24, 2.45) is 5.73 Å². The molecule has 19 nitrogen and oxygen atoms in total. The lowest BCUT2D eigenvalue weighted by molar-refractivity contribution is -0.144. The van der Waals surface area contributed by atoms with Gasteiger partial charge in [-0.3, -0.25) is 43.2 Å². The minimum absolute atomic E-state index is 0.472. The van der Waals surface area contributed by atoms with Crippen molar-refractivity contribution in [1.29, 1.82) is 0 Å². The Labute approximate surface area is 214 Å². The van der Waals surface area contributed by atoms with E-state index >= 15 is 0 Å². The van der Waals surface area contributed by atoms with Gasteiger partial charge in [0, 0.05) is 0 Å². The maximum atomic E-state index is 12.6. The average molecular weight is 547 g/mol. The van der Waals surface area contributed by atoms with Gasteiger partial charge in [-0.05, 0) is 7.05 Å². The monoisotopic (exact) mass is 547 g/mol. The number of carboxylic acid groups (broad SMARTS) is 3. The molecule has 0 rings (SSSR count). The molecule has 0 spiro atoms. The van der Waals surface area contributed by atoms with Gasteiger partial charge in [-0.25, -0.2) is 0 Å². The highest BCUT2D eigenvalue weighted by Crippen LogP contribution is 2.01. The first-order chi connectivity index (χ1) is 17.7. The zero-order chi connectivity index (χ0) is 29.4. The number of hydrogen-bond donors (Lipinski definition) is 10. The van der Waals surface area contributed by atoms with Crippen LogP contribution in [0.5, 0.6) is 0 Å². The number of likely N-dealkylation sites (N-methyl/N-ethyl adjacent to an activating group) is 1. The molecule has 0 aromatic heterocycles. The fourth-order valence-corrected chi connectivity index (χ4v) is 2.59. The molecule has 0 saturated carbocycles. The quantitative estimate of drug-likeness (QED) is 0.0764. The largest absolute Gasteiger partial charge is 0.481 e. The zero-order valence-electron chi connectivity index (χ0n) is 20.1. The standard InChI is InChI=1S/C19H29N7O12/c1-21-8(2-14(30)31)18(37)26-10(4-16(34)35)19(38)25-9(3-15(32)33)17(36)24-7-13(29)23-6-12(28)22-5-11(20)27/h8-10,21H,2-7H2,1H3,(H2,20,27)(H,22,28)(H,23,29)(H,24,36)(H,25,38)(H,26,37)(H,30,31)(H,32,33)(H,34,35)/t8-,9-,10-/m0/s1. The lowest BCUT2D eigenvalue weighted by Gasteiger charge is -2.23. The summed E-state index contributed by atoms with van der Waals surface area (Å²) in [5, 5.41) is 39.6. The van der Waals surface area contributed by atoms with Crippen LogP contribution in [0.3, 0.4) is 0 Å². The topological polar surface area (TPSA) is 313 Å². The molecule has 212 valence electrons. The Morgan fingerprint density at radius 2 is 0.947 bits per heavy atom. The summed E-state index contributed by atoms with van der Waals surface area (Å²) in [5.74, 6) is -10.5. The molecule has 0 aromatic rings. The summed E-state index contributed by atoms with van der Waals surface area (Å²) in [6.45, 7) is -1.81. The number of aliphatic carboxylic acids is 3. The third-order valence-corrected chi connectivity index (χ3v) is 4.40. The van der Waals surface area contributed by atoms with Crippen molar-refractivity contribution >= 4 is 53.4 Å². The molecule has 19 heteroatoms. The molecule has 0 aliphatic heterocycles. The van der Waals surface area contributed by atoms with Gasteiger partial charge in [-0.15, -0.1) is 0 Å². The maximum absolute atomic E-state index is 12.6. The fraction of sp³-hybridized carbons (Fsp3) is 0.526. The Balaban J connectivity index is 5.23. The number of amides is 6. The van der Waals surface area contributed by atoms with Crippen LogP contribution >= 0.6 is 0 Å². The predicted molar refractivity (Wildman–Crippen MR) is 122 cm³/mol. The van der Waals surface area contributed by atoms with Crippen molar-refractivity contribution in [3.8, 4) is 0 Å². The first kappa shape index (κ1) is 33.2. The van der Waals surface area contributed by atoms with Crippen LogP contribution in [0.15, 0.2) is 0 Å². The van der Waals surface area contributed by atoms with E-state index in [4.69, 9.17) is 21.1 Å². The van der Waals surface area contributed by atoms with Gasteiger partial charge < -0.3 is 53.0 Å². The van der Waals surface area contributed by atoms with E-state index in [1.165, 1.54) is 7.05 Å². The van der Waals surface area contributed by atoms with Gasteiger partial charge in [0.2, 0.25) is 35.4 Å². The summed E-state index contributed by atoms with van der Waals surface area (Å²) < 4.78 is 0. The maximum Gasteiger partial charge on any atom is 0.305 e. The summed E-state index contributed by atoms with van der Waals surface area (Å²) in [4.78, 5) is 104. The van der Waals surface area contributed by atoms with Crippen molar-refractivity contribution in [3.63, 3.8) is 0 Å². The molecule has 11 N–H and O–H groups in total. The van der Waals surface area contributed by atoms with Crippen molar-refractivity contribution in [2.75, 3.05) is 26.7 Å². The Bertz CT molecular complexity index is 954. The van der Waals surface area contributed by atoms with E-state index in [1.54, 1.807) is 0 Å². The van der Waals surface area contributed by atoms with E-state index in [9.17, 15) is 43.2 Å². The summed E-state index contributed by atoms with van der Waals surface area (Å²) in [7, 11) is 1.25. The average Bonchev–Trinajstić information content (AvgIpc) is 2.81. The van der Waals surface area contributed by atoms with Crippen molar-refractivity contribution in [2.45, 2.75) is 37.4 Å². The molecule has 0 aromatic carbocycles. The molecule has 0 fully saturated rings. The summed E-state index contributed by atoms with van der Waals surface area (Å²) in [6.07, 6.45) is -2.70. The van der Waals surface area contributed by atoms with E-state index in [-0.39, 0.29) is 0 Å². The second kappa shape index (κ2) is 16.8. The Morgan fingerprint density at radius 3 is 1.37 bits per heavy atom. The summed E-state index contributed by atoms with van der Waals surface area (Å²) in [6, 6.07) is -4.99. The summed E-state index contributed by atoms with van der Waals surface area (Å²) >= 11 is 0. The van der Waals surface area contributed by atoms with Crippen LogP contribution in [0, 0.1) is 0 Å². The third kappa shape index (κ3) is 14.6. The van der Waals surface area contributed by atoms with Crippen LogP contribution in [0.25, 0.3) is 0 Å². The highest BCUT2D eigenvalue weighted by molar-refractivity contribution is 5.97. The molecule has 3 atom stereocenters. The van der Waals surface area contributed by atoms with Crippen molar-refractivity contribution < 1.29 is 58.5 Å². The van der Waals surface area contributed by atoms with Gasteiger partial charge in [0.15, 0.2) is 0 Å². The second-order valence-corrected chi connectivity index (χ2v) is 7.49. The number of carbonyl (C=O) groups excluding carboxylic acids is 6. The van der Waals surface area contributed by atoms with Crippen LogP contribution in [-0.2, 0) is 43.2 Å².